The van der Waals surface area contributed by atoms with Gasteiger partial charge in [0.25, 0.3) is 0 Å². The minimum Gasteiger partial charge on any atom is -0.396 e. The van der Waals surface area contributed by atoms with Gasteiger partial charge in [0.2, 0.25) is 23.6 Å². The van der Waals surface area contributed by atoms with Crippen LogP contribution in [-0.2, 0) is 32.0 Å². The number of nitrogens with zero attached hydrogens (tertiary/aromatic N) is 1. The number of benzene rings is 2. The summed E-state index contributed by atoms with van der Waals surface area (Å²) < 4.78 is 0. The third-order valence-electron chi connectivity index (χ3n) is 7.19. The van der Waals surface area contributed by atoms with Crippen LogP contribution < -0.4 is 16.0 Å². The molecule has 38 heavy (non-hydrogen) atoms. The van der Waals surface area contributed by atoms with Crippen molar-refractivity contribution in [1.29, 1.82) is 0 Å². The minimum absolute atomic E-state index is 0.0188. The van der Waals surface area contributed by atoms with E-state index in [1.165, 1.54) is 0 Å². The Morgan fingerprint density at radius 2 is 1.26 bits per heavy atom. The van der Waals surface area contributed by atoms with Gasteiger partial charge in [0.05, 0.1) is 0 Å². The van der Waals surface area contributed by atoms with E-state index < -0.39 is 36.0 Å². The fourth-order valence-corrected chi connectivity index (χ4v) is 5.15. The van der Waals surface area contributed by atoms with Crippen molar-refractivity contribution in [2.45, 2.75) is 69.1 Å². The lowest BCUT2D eigenvalue weighted by atomic mass is 10.0. The summed E-state index contributed by atoms with van der Waals surface area (Å²) in [5.74, 6) is -1.58. The van der Waals surface area contributed by atoms with E-state index in [1.807, 2.05) is 60.7 Å². The van der Waals surface area contributed by atoms with Crippen LogP contribution in [0.5, 0.6) is 0 Å². The van der Waals surface area contributed by atoms with Crippen LogP contribution in [0, 0.1) is 0 Å². The zero-order valence-electron chi connectivity index (χ0n) is 21.5. The summed E-state index contributed by atoms with van der Waals surface area (Å²) in [6.07, 6.45) is 2.98. The number of carbonyl (C=O) groups excluding carboxylic acids is 4. The molecular weight excluding hydrogens is 484 g/mol. The highest BCUT2D eigenvalue weighted by molar-refractivity contribution is 5.98. The third-order valence-corrected chi connectivity index (χ3v) is 7.19. The molecule has 4 rings (SSSR count). The smallest absolute Gasteiger partial charge is 0.246 e. The summed E-state index contributed by atoms with van der Waals surface area (Å²) in [6.45, 7) is 0.391. The van der Waals surface area contributed by atoms with Crippen LogP contribution in [0.1, 0.15) is 43.2 Å². The van der Waals surface area contributed by atoms with E-state index in [1.54, 1.807) is 4.90 Å². The predicted octanol–water partition coefficient (Wildman–Crippen LogP) is 1.09. The molecule has 2 aliphatic heterocycles. The van der Waals surface area contributed by atoms with E-state index in [2.05, 4.69) is 16.0 Å². The lowest BCUT2D eigenvalue weighted by Crippen LogP contribution is -2.62. The number of amides is 4. The molecule has 4 atom stereocenters. The summed E-state index contributed by atoms with van der Waals surface area (Å²) in [6, 6.07) is 15.3. The molecule has 2 heterocycles. The van der Waals surface area contributed by atoms with E-state index in [-0.39, 0.29) is 31.3 Å². The van der Waals surface area contributed by atoms with Crippen molar-refractivity contribution in [3.05, 3.63) is 71.8 Å². The van der Waals surface area contributed by atoms with Gasteiger partial charge in [0.15, 0.2) is 0 Å². The largest absolute Gasteiger partial charge is 0.396 e. The summed E-state index contributed by atoms with van der Waals surface area (Å²) in [7, 11) is 0. The first-order valence-corrected chi connectivity index (χ1v) is 13.4. The van der Waals surface area contributed by atoms with E-state index >= 15 is 0 Å². The van der Waals surface area contributed by atoms with E-state index in [9.17, 15) is 24.3 Å². The Morgan fingerprint density at radius 1 is 0.711 bits per heavy atom. The number of nitrogens with one attached hydrogen (secondary N) is 3. The molecule has 4 amide bonds. The van der Waals surface area contributed by atoms with Gasteiger partial charge in [0.1, 0.15) is 24.2 Å². The Morgan fingerprint density at radius 3 is 1.89 bits per heavy atom. The van der Waals surface area contributed by atoms with E-state index in [4.69, 9.17) is 0 Å². The average molecular weight is 521 g/mol. The van der Waals surface area contributed by atoms with Crippen molar-refractivity contribution in [2.24, 2.45) is 0 Å². The van der Waals surface area contributed by atoms with Gasteiger partial charge in [0, 0.05) is 26.0 Å². The van der Waals surface area contributed by atoms with Gasteiger partial charge in [-0.1, -0.05) is 60.7 Å². The molecule has 0 radical (unpaired) electrons. The highest BCUT2D eigenvalue weighted by Gasteiger charge is 2.40. The number of hydrogen-bond donors (Lipinski definition) is 4. The van der Waals surface area contributed by atoms with Crippen molar-refractivity contribution < 1.29 is 24.3 Å². The molecule has 2 aromatic carbocycles. The monoisotopic (exact) mass is 520 g/mol. The molecule has 2 aromatic rings. The van der Waals surface area contributed by atoms with E-state index in [0.29, 0.717) is 38.6 Å². The van der Waals surface area contributed by atoms with E-state index in [0.717, 1.165) is 11.1 Å². The molecule has 9 nitrogen and oxygen atoms in total. The molecule has 2 aliphatic rings. The number of fused-ring (bicyclic) bond motifs is 1. The first kappa shape index (κ1) is 27.3. The summed E-state index contributed by atoms with van der Waals surface area (Å²) in [4.78, 5) is 55.7. The molecule has 4 N–H and O–H groups in total. The van der Waals surface area contributed by atoms with Gasteiger partial charge < -0.3 is 26.0 Å². The minimum atomic E-state index is -0.943. The van der Waals surface area contributed by atoms with Gasteiger partial charge in [-0.15, -0.1) is 0 Å². The molecule has 2 fully saturated rings. The molecule has 0 saturated carbocycles. The molecule has 0 aromatic heterocycles. The van der Waals surface area contributed by atoms with Gasteiger partial charge >= 0.3 is 0 Å². The SMILES string of the molecule is O=C1N[C@@H](Cc2ccccc2)C(=O)N2CCC[C@@H]2C(=O)N[C@@H](CCCCO)C(=O)N[C@H]1Cc1ccccc1. The summed E-state index contributed by atoms with van der Waals surface area (Å²) in [5.41, 5.74) is 1.73. The van der Waals surface area contributed by atoms with Crippen molar-refractivity contribution in [3.8, 4) is 0 Å². The fourth-order valence-electron chi connectivity index (χ4n) is 5.15. The average Bonchev–Trinajstić information content (AvgIpc) is 3.42. The molecular formula is C29H36N4O5. The number of aliphatic hydroxyl groups is 1. The highest BCUT2D eigenvalue weighted by Crippen LogP contribution is 2.21. The number of hydrogen-bond acceptors (Lipinski definition) is 5. The lowest BCUT2D eigenvalue weighted by molar-refractivity contribution is -0.143. The second kappa shape index (κ2) is 13.2. The zero-order chi connectivity index (χ0) is 26.9. The topological polar surface area (TPSA) is 128 Å². The number of aliphatic hydroxyl groups excluding tert-OH is 1. The number of rotatable bonds is 8. The Balaban J connectivity index is 1.66. The number of unbranched alkanes of at least 4 members (excludes halogenated alkanes) is 1. The summed E-state index contributed by atoms with van der Waals surface area (Å²) >= 11 is 0. The Labute approximate surface area is 223 Å². The number of carbonyl (C=O) groups is 4. The van der Waals surface area contributed by atoms with Gasteiger partial charge in [-0.2, -0.15) is 0 Å². The Kier molecular flexibility index (Phi) is 9.48. The fraction of sp³-hybridized carbons (Fsp3) is 0.448. The van der Waals surface area contributed by atoms with Crippen LogP contribution in [0.3, 0.4) is 0 Å². The standard InChI is InChI=1S/C29H36N4O5/c34-17-8-7-14-22-26(35)31-23(18-20-10-3-1-4-11-20)27(36)32-24(19-21-12-5-2-6-13-21)29(38)33-16-9-15-25(33)28(37)30-22/h1-6,10-13,22-25,34H,7-9,14-19H2,(H,30,37)(H,31,35)(H,32,36)/t22-,23-,24-,25+/m0/s1. The van der Waals surface area contributed by atoms with Crippen LogP contribution in [0.15, 0.2) is 60.7 Å². The maximum atomic E-state index is 13.8. The highest BCUT2D eigenvalue weighted by atomic mass is 16.3. The van der Waals surface area contributed by atoms with Crippen molar-refractivity contribution in [3.63, 3.8) is 0 Å². The molecule has 9 heteroatoms. The first-order chi connectivity index (χ1) is 18.5. The van der Waals surface area contributed by atoms with Crippen LogP contribution >= 0.6 is 0 Å². The lowest BCUT2D eigenvalue weighted by Gasteiger charge is -2.32. The second-order valence-electron chi connectivity index (χ2n) is 9.97. The first-order valence-electron chi connectivity index (χ1n) is 13.4. The van der Waals surface area contributed by atoms with Crippen molar-refractivity contribution in [2.75, 3.05) is 13.2 Å². The van der Waals surface area contributed by atoms with Crippen LogP contribution in [-0.4, -0.2) is 71.0 Å². The normalized spacial score (nSPS) is 24.5. The summed E-state index contributed by atoms with van der Waals surface area (Å²) in [5, 5.41) is 17.8. The predicted molar refractivity (Wildman–Crippen MR) is 142 cm³/mol. The van der Waals surface area contributed by atoms with Crippen LogP contribution in [0.2, 0.25) is 0 Å². The molecule has 0 aliphatic carbocycles. The second-order valence-corrected chi connectivity index (χ2v) is 9.97. The maximum Gasteiger partial charge on any atom is 0.246 e. The van der Waals surface area contributed by atoms with Crippen LogP contribution in [0.25, 0.3) is 0 Å². The quantitative estimate of drug-likeness (QED) is 0.388. The van der Waals surface area contributed by atoms with Crippen LogP contribution in [0.4, 0.5) is 0 Å². The Bertz CT molecular complexity index is 1110. The van der Waals surface area contributed by atoms with Gasteiger partial charge in [-0.05, 0) is 43.2 Å². The molecule has 2 saturated heterocycles. The molecule has 0 spiro atoms. The van der Waals surface area contributed by atoms with Gasteiger partial charge in [-0.25, -0.2) is 0 Å². The molecule has 0 bridgehead atoms. The zero-order valence-corrected chi connectivity index (χ0v) is 21.5. The maximum absolute atomic E-state index is 13.8. The molecule has 0 unspecified atom stereocenters. The molecule has 202 valence electrons. The Hall–Kier alpha value is -3.72. The van der Waals surface area contributed by atoms with Crippen molar-refractivity contribution >= 4 is 23.6 Å². The van der Waals surface area contributed by atoms with Crippen molar-refractivity contribution in [1.82, 2.24) is 20.9 Å². The van der Waals surface area contributed by atoms with Gasteiger partial charge in [-0.3, -0.25) is 19.2 Å². The third kappa shape index (κ3) is 6.98.